The summed E-state index contributed by atoms with van der Waals surface area (Å²) in [6, 6.07) is 0. The number of hydrogen-bond donors (Lipinski definition) is 2. The summed E-state index contributed by atoms with van der Waals surface area (Å²) >= 11 is 0. The Hall–Kier alpha value is -0.600. The molecule has 1 atom stereocenters. The molecule has 0 spiro atoms. The van der Waals surface area contributed by atoms with Crippen LogP contribution in [-0.2, 0) is 0 Å². The topological polar surface area (TPSA) is 40.5 Å². The molecule has 0 fully saturated rings. The standard InChI is InChI=1S/C11H18O2/c1-4-5-10-6-8(2)11(12,13)9(3)7-10/h6-8,12-13H,4-5H2,1-3H3. The molecule has 0 saturated carbocycles. The first kappa shape index (κ1) is 10.5. The van der Waals surface area contributed by atoms with Crippen molar-refractivity contribution in [3.05, 3.63) is 23.3 Å². The van der Waals surface area contributed by atoms with Crippen molar-refractivity contribution in [2.24, 2.45) is 5.92 Å². The average molecular weight is 182 g/mol. The maximum absolute atomic E-state index is 9.64. The highest BCUT2D eigenvalue weighted by atomic mass is 16.5. The normalized spacial score (nSPS) is 26.7. The van der Waals surface area contributed by atoms with Gasteiger partial charge in [0.25, 0.3) is 0 Å². The summed E-state index contributed by atoms with van der Waals surface area (Å²) in [6.45, 7) is 5.71. The van der Waals surface area contributed by atoms with Gasteiger partial charge in [0.15, 0.2) is 5.79 Å². The summed E-state index contributed by atoms with van der Waals surface area (Å²) in [6.07, 6.45) is 5.92. The van der Waals surface area contributed by atoms with Gasteiger partial charge >= 0.3 is 0 Å². The quantitative estimate of drug-likeness (QED) is 0.641. The first-order valence-corrected chi connectivity index (χ1v) is 4.82. The molecule has 0 radical (unpaired) electrons. The Morgan fingerprint density at radius 1 is 1.46 bits per heavy atom. The molecule has 2 nitrogen and oxygen atoms in total. The molecule has 0 aromatic rings. The van der Waals surface area contributed by atoms with Crippen LogP contribution in [0.15, 0.2) is 23.3 Å². The van der Waals surface area contributed by atoms with Crippen molar-refractivity contribution in [1.29, 1.82) is 0 Å². The van der Waals surface area contributed by atoms with E-state index in [1.807, 2.05) is 19.1 Å². The van der Waals surface area contributed by atoms with Crippen molar-refractivity contribution in [3.63, 3.8) is 0 Å². The first-order valence-electron chi connectivity index (χ1n) is 4.82. The Labute approximate surface area is 79.6 Å². The van der Waals surface area contributed by atoms with Crippen LogP contribution in [0.4, 0.5) is 0 Å². The molecule has 0 heterocycles. The lowest BCUT2D eigenvalue weighted by atomic mass is 9.85. The van der Waals surface area contributed by atoms with Crippen LogP contribution in [0, 0.1) is 5.92 Å². The molecule has 0 bridgehead atoms. The van der Waals surface area contributed by atoms with Crippen molar-refractivity contribution in [2.75, 3.05) is 0 Å². The van der Waals surface area contributed by atoms with Crippen molar-refractivity contribution in [3.8, 4) is 0 Å². The van der Waals surface area contributed by atoms with E-state index in [4.69, 9.17) is 0 Å². The van der Waals surface area contributed by atoms with Crippen molar-refractivity contribution in [2.45, 2.75) is 39.4 Å². The van der Waals surface area contributed by atoms with Crippen LogP contribution < -0.4 is 0 Å². The summed E-state index contributed by atoms with van der Waals surface area (Å²) in [4.78, 5) is 0. The highest BCUT2D eigenvalue weighted by Crippen LogP contribution is 2.31. The van der Waals surface area contributed by atoms with Crippen LogP contribution in [0.1, 0.15) is 33.6 Å². The average Bonchev–Trinajstić information content (AvgIpc) is 2.02. The fourth-order valence-corrected chi connectivity index (χ4v) is 1.67. The van der Waals surface area contributed by atoms with Crippen LogP contribution >= 0.6 is 0 Å². The Bertz CT molecular complexity index is 249. The van der Waals surface area contributed by atoms with Crippen LogP contribution in [0.3, 0.4) is 0 Å². The second-order valence-electron chi connectivity index (χ2n) is 3.83. The van der Waals surface area contributed by atoms with Gasteiger partial charge < -0.3 is 10.2 Å². The predicted molar refractivity (Wildman–Crippen MR) is 53.1 cm³/mol. The molecule has 0 aromatic carbocycles. The molecule has 0 saturated heterocycles. The summed E-state index contributed by atoms with van der Waals surface area (Å²) in [5, 5.41) is 19.3. The number of aliphatic hydroxyl groups is 2. The lowest BCUT2D eigenvalue weighted by molar-refractivity contribution is -0.153. The largest absolute Gasteiger partial charge is 0.362 e. The Morgan fingerprint density at radius 2 is 2.08 bits per heavy atom. The van der Waals surface area contributed by atoms with E-state index in [-0.39, 0.29) is 5.92 Å². The lowest BCUT2D eigenvalue weighted by Gasteiger charge is -2.31. The molecule has 1 rings (SSSR count). The van der Waals surface area contributed by atoms with E-state index in [0.29, 0.717) is 5.57 Å². The van der Waals surface area contributed by atoms with Gasteiger partial charge in [-0.05, 0) is 18.9 Å². The van der Waals surface area contributed by atoms with E-state index < -0.39 is 5.79 Å². The number of allylic oxidation sites excluding steroid dienone is 2. The first-order chi connectivity index (χ1) is 5.98. The van der Waals surface area contributed by atoms with E-state index in [0.717, 1.165) is 12.8 Å². The molecule has 13 heavy (non-hydrogen) atoms. The maximum atomic E-state index is 9.64. The molecule has 0 aromatic heterocycles. The van der Waals surface area contributed by atoms with Gasteiger partial charge in [0.2, 0.25) is 0 Å². The number of hydrogen-bond acceptors (Lipinski definition) is 2. The summed E-state index contributed by atoms with van der Waals surface area (Å²) < 4.78 is 0. The van der Waals surface area contributed by atoms with Gasteiger partial charge in [-0.15, -0.1) is 0 Å². The van der Waals surface area contributed by atoms with Crippen LogP contribution in [-0.4, -0.2) is 16.0 Å². The third-order valence-corrected chi connectivity index (χ3v) is 2.62. The zero-order valence-corrected chi connectivity index (χ0v) is 8.54. The molecular weight excluding hydrogens is 164 g/mol. The van der Waals surface area contributed by atoms with Gasteiger partial charge in [-0.3, -0.25) is 0 Å². The highest BCUT2D eigenvalue weighted by Gasteiger charge is 2.34. The van der Waals surface area contributed by atoms with Crippen molar-refractivity contribution >= 4 is 0 Å². The molecule has 2 N–H and O–H groups in total. The zero-order valence-electron chi connectivity index (χ0n) is 8.54. The second kappa shape index (κ2) is 3.64. The van der Waals surface area contributed by atoms with Gasteiger partial charge in [-0.2, -0.15) is 0 Å². The molecular formula is C11H18O2. The van der Waals surface area contributed by atoms with E-state index in [9.17, 15) is 10.2 Å². The third kappa shape index (κ3) is 2.01. The molecule has 2 heteroatoms. The van der Waals surface area contributed by atoms with Crippen molar-refractivity contribution in [1.82, 2.24) is 0 Å². The number of rotatable bonds is 2. The Morgan fingerprint density at radius 3 is 2.54 bits per heavy atom. The third-order valence-electron chi connectivity index (χ3n) is 2.62. The van der Waals surface area contributed by atoms with Crippen LogP contribution in [0.2, 0.25) is 0 Å². The van der Waals surface area contributed by atoms with Gasteiger partial charge in [0.1, 0.15) is 0 Å². The Kier molecular flexibility index (Phi) is 2.94. The smallest absolute Gasteiger partial charge is 0.191 e. The molecule has 1 aliphatic carbocycles. The fraction of sp³-hybridized carbons (Fsp3) is 0.636. The van der Waals surface area contributed by atoms with E-state index in [1.54, 1.807) is 6.92 Å². The summed E-state index contributed by atoms with van der Waals surface area (Å²) in [5.41, 5.74) is 1.86. The molecule has 0 aliphatic heterocycles. The molecule has 0 amide bonds. The monoisotopic (exact) mass is 182 g/mol. The van der Waals surface area contributed by atoms with Crippen LogP contribution in [0.25, 0.3) is 0 Å². The van der Waals surface area contributed by atoms with Crippen molar-refractivity contribution < 1.29 is 10.2 Å². The van der Waals surface area contributed by atoms with E-state index in [1.165, 1.54) is 5.57 Å². The van der Waals surface area contributed by atoms with Gasteiger partial charge in [-0.1, -0.05) is 38.0 Å². The van der Waals surface area contributed by atoms with E-state index in [2.05, 4.69) is 6.92 Å². The fourth-order valence-electron chi connectivity index (χ4n) is 1.67. The van der Waals surface area contributed by atoms with Gasteiger partial charge in [-0.25, -0.2) is 0 Å². The predicted octanol–water partition coefficient (Wildman–Crippen LogP) is 1.99. The summed E-state index contributed by atoms with van der Waals surface area (Å²) in [7, 11) is 0. The minimum atomic E-state index is -1.64. The lowest BCUT2D eigenvalue weighted by Crippen LogP contribution is -2.38. The zero-order chi connectivity index (χ0) is 10.1. The van der Waals surface area contributed by atoms with Gasteiger partial charge in [0, 0.05) is 5.92 Å². The Balaban J connectivity index is 2.87. The summed E-state index contributed by atoms with van der Waals surface area (Å²) in [5.74, 6) is -1.85. The van der Waals surface area contributed by atoms with E-state index >= 15 is 0 Å². The van der Waals surface area contributed by atoms with Crippen LogP contribution in [0.5, 0.6) is 0 Å². The SMILES string of the molecule is CCCC1=CC(C)C(O)(O)C(C)=C1. The highest BCUT2D eigenvalue weighted by molar-refractivity contribution is 5.33. The minimum Gasteiger partial charge on any atom is -0.362 e. The minimum absolute atomic E-state index is 0.209. The molecule has 74 valence electrons. The molecule has 1 aliphatic rings. The molecule has 1 unspecified atom stereocenters. The van der Waals surface area contributed by atoms with Gasteiger partial charge in [0.05, 0.1) is 0 Å². The maximum Gasteiger partial charge on any atom is 0.191 e. The second-order valence-corrected chi connectivity index (χ2v) is 3.83.